The number of pyridine rings is 1. The number of aromatic nitrogens is 1. The molecule has 2 rings (SSSR count). The molecule has 1 saturated heterocycles. The Morgan fingerprint density at radius 1 is 1.56 bits per heavy atom. The summed E-state index contributed by atoms with van der Waals surface area (Å²) in [6.45, 7) is 3.86. The van der Waals surface area contributed by atoms with Crippen LogP contribution in [0.5, 0.6) is 0 Å². The van der Waals surface area contributed by atoms with Crippen molar-refractivity contribution in [3.05, 3.63) is 18.3 Å². The summed E-state index contributed by atoms with van der Waals surface area (Å²) in [4.78, 5) is 19.0. The van der Waals surface area contributed by atoms with Crippen molar-refractivity contribution < 1.29 is 9.90 Å². The van der Waals surface area contributed by atoms with E-state index in [2.05, 4.69) is 9.88 Å². The second-order valence-electron chi connectivity index (χ2n) is 4.43. The van der Waals surface area contributed by atoms with Crippen LogP contribution >= 0.6 is 0 Å². The quantitative estimate of drug-likeness (QED) is 0.825. The predicted molar refractivity (Wildman–Crippen MR) is 69.7 cm³/mol. The third-order valence-electron chi connectivity index (χ3n) is 3.29. The Bertz CT molecular complexity index is 421. The number of carboxylic acid groups (broad SMARTS) is 1. The van der Waals surface area contributed by atoms with Crippen molar-refractivity contribution in [1.29, 1.82) is 0 Å². The number of nitrogens with zero attached hydrogens (tertiary/aromatic N) is 3. The van der Waals surface area contributed by atoms with Gasteiger partial charge in [-0.05, 0) is 18.6 Å². The van der Waals surface area contributed by atoms with Gasteiger partial charge in [0, 0.05) is 19.6 Å². The van der Waals surface area contributed by atoms with E-state index in [1.807, 2.05) is 19.1 Å². The monoisotopic (exact) mass is 250 g/mol. The van der Waals surface area contributed by atoms with Gasteiger partial charge in [-0.25, -0.2) is 9.78 Å². The van der Waals surface area contributed by atoms with Crippen LogP contribution in [0.2, 0.25) is 0 Å². The molecule has 1 atom stereocenters. The zero-order valence-electron chi connectivity index (χ0n) is 10.4. The third kappa shape index (κ3) is 2.47. The predicted octanol–water partition coefficient (Wildman–Crippen LogP) is 1.24. The number of carbonyl (C=O) groups is 1. The molecule has 0 bridgehead atoms. The molecule has 0 spiro atoms. The van der Waals surface area contributed by atoms with Gasteiger partial charge in [0.1, 0.15) is 5.82 Å². The average molecular weight is 250 g/mol. The van der Waals surface area contributed by atoms with E-state index in [4.69, 9.17) is 10.8 Å². The van der Waals surface area contributed by atoms with Crippen molar-refractivity contribution in [2.24, 2.45) is 0 Å². The number of anilines is 2. The molecule has 1 fully saturated rings. The normalized spacial score (nSPS) is 19.9. The van der Waals surface area contributed by atoms with E-state index in [-0.39, 0.29) is 6.04 Å². The number of piperazine rings is 1. The first-order valence-electron chi connectivity index (χ1n) is 6.08. The standard InChI is InChI=1S/C12H18N4O2/c1-2-10-8-15(5-6-16(10)12(17)18)11-4-3-9(13)7-14-11/h3-4,7,10H,2,5-6,8,13H2,1H3,(H,17,18). The lowest BCUT2D eigenvalue weighted by Crippen LogP contribution is -2.54. The molecule has 1 aromatic heterocycles. The maximum Gasteiger partial charge on any atom is 0.407 e. The van der Waals surface area contributed by atoms with Gasteiger partial charge in [-0.15, -0.1) is 0 Å². The molecule has 0 saturated carbocycles. The first-order valence-corrected chi connectivity index (χ1v) is 6.08. The van der Waals surface area contributed by atoms with Gasteiger partial charge < -0.3 is 20.6 Å². The molecule has 18 heavy (non-hydrogen) atoms. The van der Waals surface area contributed by atoms with Crippen LogP contribution < -0.4 is 10.6 Å². The molecule has 1 amide bonds. The maximum absolute atomic E-state index is 11.1. The first kappa shape index (κ1) is 12.5. The smallest absolute Gasteiger partial charge is 0.407 e. The SMILES string of the molecule is CCC1CN(c2ccc(N)cn2)CCN1C(=O)O. The van der Waals surface area contributed by atoms with Crippen molar-refractivity contribution in [1.82, 2.24) is 9.88 Å². The lowest BCUT2D eigenvalue weighted by Gasteiger charge is -2.40. The maximum atomic E-state index is 11.1. The number of hydrogen-bond acceptors (Lipinski definition) is 4. The van der Waals surface area contributed by atoms with Crippen LogP contribution in [0.1, 0.15) is 13.3 Å². The molecule has 1 aliphatic heterocycles. The zero-order chi connectivity index (χ0) is 13.1. The van der Waals surface area contributed by atoms with E-state index in [9.17, 15) is 4.79 Å². The molecule has 6 heteroatoms. The summed E-state index contributed by atoms with van der Waals surface area (Å²) in [5.41, 5.74) is 6.24. The topological polar surface area (TPSA) is 82.7 Å². The molecule has 1 aliphatic rings. The van der Waals surface area contributed by atoms with E-state index in [0.717, 1.165) is 12.2 Å². The highest BCUT2D eigenvalue weighted by molar-refractivity contribution is 5.66. The lowest BCUT2D eigenvalue weighted by atomic mass is 10.1. The van der Waals surface area contributed by atoms with Crippen LogP contribution in [-0.2, 0) is 0 Å². The molecule has 98 valence electrons. The highest BCUT2D eigenvalue weighted by Crippen LogP contribution is 2.19. The van der Waals surface area contributed by atoms with Gasteiger partial charge in [0.25, 0.3) is 0 Å². The summed E-state index contributed by atoms with van der Waals surface area (Å²) in [5.74, 6) is 0.854. The van der Waals surface area contributed by atoms with Gasteiger partial charge in [-0.2, -0.15) is 0 Å². The number of amides is 1. The molecular formula is C12H18N4O2. The lowest BCUT2D eigenvalue weighted by molar-refractivity contribution is 0.116. The van der Waals surface area contributed by atoms with Crippen LogP contribution in [0.4, 0.5) is 16.3 Å². The number of rotatable bonds is 2. The van der Waals surface area contributed by atoms with E-state index in [1.54, 1.807) is 6.20 Å². The van der Waals surface area contributed by atoms with Crippen molar-refractivity contribution in [3.63, 3.8) is 0 Å². The van der Waals surface area contributed by atoms with E-state index < -0.39 is 6.09 Å². The Morgan fingerprint density at radius 3 is 2.89 bits per heavy atom. The van der Waals surface area contributed by atoms with Gasteiger partial charge in [0.2, 0.25) is 0 Å². The van der Waals surface area contributed by atoms with Crippen molar-refractivity contribution in [3.8, 4) is 0 Å². The summed E-state index contributed by atoms with van der Waals surface area (Å²) >= 11 is 0. The second-order valence-corrected chi connectivity index (χ2v) is 4.43. The van der Waals surface area contributed by atoms with Crippen LogP contribution in [0.3, 0.4) is 0 Å². The Hall–Kier alpha value is -1.98. The Morgan fingerprint density at radius 2 is 2.33 bits per heavy atom. The van der Waals surface area contributed by atoms with Crippen LogP contribution in [0.25, 0.3) is 0 Å². The number of nitrogen functional groups attached to an aromatic ring is 1. The van der Waals surface area contributed by atoms with Crippen molar-refractivity contribution in [2.45, 2.75) is 19.4 Å². The highest BCUT2D eigenvalue weighted by Gasteiger charge is 2.29. The zero-order valence-corrected chi connectivity index (χ0v) is 10.4. The molecular weight excluding hydrogens is 232 g/mol. The average Bonchev–Trinajstić information content (AvgIpc) is 2.38. The van der Waals surface area contributed by atoms with Gasteiger partial charge in [0.15, 0.2) is 0 Å². The molecule has 0 radical (unpaired) electrons. The summed E-state index contributed by atoms with van der Waals surface area (Å²) in [7, 11) is 0. The number of nitrogens with two attached hydrogens (primary N) is 1. The molecule has 3 N–H and O–H groups in total. The van der Waals surface area contributed by atoms with E-state index in [1.165, 1.54) is 4.90 Å². The second kappa shape index (κ2) is 5.12. The van der Waals surface area contributed by atoms with Gasteiger partial charge in [0.05, 0.1) is 17.9 Å². The Balaban J connectivity index is 2.09. The fraction of sp³-hybridized carbons (Fsp3) is 0.500. The minimum atomic E-state index is -0.841. The Labute approximate surface area is 106 Å². The summed E-state index contributed by atoms with van der Waals surface area (Å²) in [6.07, 6.45) is 1.59. The summed E-state index contributed by atoms with van der Waals surface area (Å²) < 4.78 is 0. The van der Waals surface area contributed by atoms with E-state index >= 15 is 0 Å². The minimum Gasteiger partial charge on any atom is -0.465 e. The van der Waals surface area contributed by atoms with Crippen LogP contribution in [0.15, 0.2) is 18.3 Å². The Kier molecular flexibility index (Phi) is 3.55. The first-order chi connectivity index (χ1) is 8.61. The van der Waals surface area contributed by atoms with Gasteiger partial charge >= 0.3 is 6.09 Å². The van der Waals surface area contributed by atoms with Crippen molar-refractivity contribution >= 4 is 17.6 Å². The fourth-order valence-electron chi connectivity index (χ4n) is 2.25. The molecule has 2 heterocycles. The molecule has 1 unspecified atom stereocenters. The van der Waals surface area contributed by atoms with E-state index in [0.29, 0.717) is 25.3 Å². The highest BCUT2D eigenvalue weighted by atomic mass is 16.4. The number of hydrogen-bond donors (Lipinski definition) is 2. The molecule has 6 nitrogen and oxygen atoms in total. The van der Waals surface area contributed by atoms with Crippen LogP contribution in [0, 0.1) is 0 Å². The molecule has 1 aromatic rings. The van der Waals surface area contributed by atoms with Crippen LogP contribution in [-0.4, -0.2) is 46.8 Å². The minimum absolute atomic E-state index is 0.0237. The molecule has 0 aromatic carbocycles. The van der Waals surface area contributed by atoms with Gasteiger partial charge in [-0.1, -0.05) is 6.92 Å². The summed E-state index contributed by atoms with van der Waals surface area (Å²) in [6, 6.07) is 3.71. The fourth-order valence-corrected chi connectivity index (χ4v) is 2.25. The largest absolute Gasteiger partial charge is 0.465 e. The third-order valence-corrected chi connectivity index (χ3v) is 3.29. The summed E-state index contributed by atoms with van der Waals surface area (Å²) in [5, 5.41) is 9.11. The molecule has 0 aliphatic carbocycles. The van der Waals surface area contributed by atoms with Gasteiger partial charge in [-0.3, -0.25) is 0 Å². The van der Waals surface area contributed by atoms with Crippen molar-refractivity contribution in [2.75, 3.05) is 30.3 Å².